The van der Waals surface area contributed by atoms with E-state index < -0.39 is 4.92 Å². The number of benzene rings is 1. The second-order valence-corrected chi connectivity index (χ2v) is 5.38. The Morgan fingerprint density at radius 1 is 1.42 bits per heavy atom. The van der Waals surface area contributed by atoms with E-state index in [-0.39, 0.29) is 5.69 Å². The monoisotopic (exact) mass is 263 g/mol. The molecule has 0 unspecified atom stereocenters. The molecule has 1 aromatic rings. The van der Waals surface area contributed by atoms with Gasteiger partial charge in [-0.3, -0.25) is 10.1 Å². The Morgan fingerprint density at radius 3 is 2.58 bits per heavy atom. The molecule has 2 rings (SSSR count). The second kappa shape index (κ2) is 5.07. The smallest absolute Gasteiger partial charge is 0.271 e. The van der Waals surface area contributed by atoms with Crippen LogP contribution in [-0.4, -0.2) is 18.0 Å². The number of anilines is 2. The van der Waals surface area contributed by atoms with Crippen LogP contribution in [0.15, 0.2) is 18.2 Å². The summed E-state index contributed by atoms with van der Waals surface area (Å²) in [4.78, 5) is 12.6. The maximum Gasteiger partial charge on any atom is 0.271 e. The highest BCUT2D eigenvalue weighted by Gasteiger charge is 2.35. The minimum Gasteiger partial charge on any atom is -0.397 e. The van der Waals surface area contributed by atoms with Crippen molar-refractivity contribution >= 4 is 17.1 Å². The minimum absolute atomic E-state index is 0.0534. The van der Waals surface area contributed by atoms with Crippen LogP contribution in [0.3, 0.4) is 0 Å². The molecule has 0 radical (unpaired) electrons. The van der Waals surface area contributed by atoms with E-state index in [1.54, 1.807) is 6.07 Å². The van der Waals surface area contributed by atoms with Gasteiger partial charge >= 0.3 is 0 Å². The molecule has 0 amide bonds. The van der Waals surface area contributed by atoms with E-state index >= 15 is 0 Å². The summed E-state index contributed by atoms with van der Waals surface area (Å²) in [6, 6.07) is 4.76. The van der Waals surface area contributed by atoms with Crippen molar-refractivity contribution < 1.29 is 4.92 Å². The zero-order valence-corrected chi connectivity index (χ0v) is 11.6. The van der Waals surface area contributed by atoms with Crippen LogP contribution in [0.4, 0.5) is 17.1 Å². The molecule has 1 heterocycles. The van der Waals surface area contributed by atoms with Crippen molar-refractivity contribution in [3.63, 3.8) is 0 Å². The zero-order valence-electron chi connectivity index (χ0n) is 11.6. The minimum atomic E-state index is -0.410. The first-order valence-corrected chi connectivity index (χ1v) is 6.80. The van der Waals surface area contributed by atoms with Crippen molar-refractivity contribution in [2.45, 2.75) is 33.1 Å². The molecule has 104 valence electrons. The van der Waals surface area contributed by atoms with Crippen LogP contribution < -0.4 is 10.6 Å². The van der Waals surface area contributed by atoms with Gasteiger partial charge in [0.15, 0.2) is 0 Å². The van der Waals surface area contributed by atoms with Crippen molar-refractivity contribution in [1.82, 2.24) is 0 Å². The molecule has 19 heavy (non-hydrogen) atoms. The summed E-state index contributed by atoms with van der Waals surface area (Å²) in [7, 11) is 0. The fourth-order valence-corrected chi connectivity index (χ4v) is 2.91. The first-order valence-electron chi connectivity index (χ1n) is 6.80. The Morgan fingerprint density at radius 2 is 2.11 bits per heavy atom. The summed E-state index contributed by atoms with van der Waals surface area (Å²) in [5, 5.41) is 10.7. The molecule has 0 aromatic heterocycles. The Labute approximate surface area is 113 Å². The molecule has 5 heteroatoms. The zero-order chi connectivity index (χ0) is 14.0. The molecule has 1 aromatic carbocycles. The van der Waals surface area contributed by atoms with Gasteiger partial charge in [0.05, 0.1) is 16.3 Å². The van der Waals surface area contributed by atoms with Crippen LogP contribution in [-0.2, 0) is 0 Å². The fraction of sp³-hybridized carbons (Fsp3) is 0.571. The highest BCUT2D eigenvalue weighted by Crippen LogP contribution is 2.40. The SMILES string of the molecule is CCC1(CC)CCN(c2ccc([N+](=O)[O-])cc2N)C1. The molecule has 1 aliphatic rings. The van der Waals surface area contributed by atoms with Gasteiger partial charge in [-0.2, -0.15) is 0 Å². The molecular weight excluding hydrogens is 242 g/mol. The maximum absolute atomic E-state index is 10.7. The molecule has 0 spiro atoms. The van der Waals surface area contributed by atoms with Gasteiger partial charge in [0, 0.05) is 25.2 Å². The standard InChI is InChI=1S/C14H21N3O2/c1-3-14(4-2)7-8-16(10-14)13-6-5-11(17(18)19)9-12(13)15/h5-6,9H,3-4,7-8,10,15H2,1-2H3. The number of nitro benzene ring substituents is 1. The largest absolute Gasteiger partial charge is 0.397 e. The normalized spacial score (nSPS) is 17.7. The summed E-state index contributed by atoms with van der Waals surface area (Å²) >= 11 is 0. The van der Waals surface area contributed by atoms with Crippen LogP contribution in [0, 0.1) is 15.5 Å². The van der Waals surface area contributed by atoms with Gasteiger partial charge in [-0.05, 0) is 30.7 Å². The first kappa shape index (κ1) is 13.6. The van der Waals surface area contributed by atoms with Gasteiger partial charge in [-0.25, -0.2) is 0 Å². The summed E-state index contributed by atoms with van der Waals surface area (Å²) < 4.78 is 0. The van der Waals surface area contributed by atoms with E-state index in [0.717, 1.165) is 38.0 Å². The quantitative estimate of drug-likeness (QED) is 0.514. The first-order chi connectivity index (χ1) is 9.01. The predicted octanol–water partition coefficient (Wildman–Crippen LogP) is 3.19. The molecule has 2 N–H and O–H groups in total. The molecule has 5 nitrogen and oxygen atoms in total. The van der Waals surface area contributed by atoms with Gasteiger partial charge in [-0.15, -0.1) is 0 Å². The topological polar surface area (TPSA) is 72.4 Å². The van der Waals surface area contributed by atoms with Crippen LogP contribution in [0.25, 0.3) is 0 Å². The predicted molar refractivity (Wildman–Crippen MR) is 77.4 cm³/mol. The fourth-order valence-electron chi connectivity index (χ4n) is 2.91. The number of nitro groups is 1. The number of rotatable bonds is 4. The Balaban J connectivity index is 2.22. The summed E-state index contributed by atoms with van der Waals surface area (Å²) in [6.45, 7) is 6.42. The van der Waals surface area contributed by atoms with Crippen LogP contribution in [0.1, 0.15) is 33.1 Å². The summed E-state index contributed by atoms with van der Waals surface area (Å²) in [5.41, 5.74) is 7.81. The molecule has 1 aliphatic heterocycles. The third kappa shape index (κ3) is 2.50. The number of nitrogens with two attached hydrogens (primary N) is 1. The van der Waals surface area contributed by atoms with E-state index in [1.807, 2.05) is 0 Å². The van der Waals surface area contributed by atoms with Gasteiger partial charge < -0.3 is 10.6 Å². The number of non-ortho nitro benzene ring substituents is 1. The molecule has 1 saturated heterocycles. The average molecular weight is 263 g/mol. The highest BCUT2D eigenvalue weighted by atomic mass is 16.6. The van der Waals surface area contributed by atoms with Gasteiger partial charge in [0.1, 0.15) is 0 Å². The lowest BCUT2D eigenvalue weighted by Crippen LogP contribution is -2.26. The van der Waals surface area contributed by atoms with Crippen molar-refractivity contribution in [2.24, 2.45) is 5.41 Å². The third-order valence-corrected chi connectivity index (χ3v) is 4.50. The van der Waals surface area contributed by atoms with E-state index in [9.17, 15) is 10.1 Å². The second-order valence-electron chi connectivity index (χ2n) is 5.38. The third-order valence-electron chi connectivity index (χ3n) is 4.50. The molecule has 1 fully saturated rings. The number of nitrogens with zero attached hydrogens (tertiary/aromatic N) is 2. The lowest BCUT2D eigenvalue weighted by Gasteiger charge is -2.27. The Kier molecular flexibility index (Phi) is 3.64. The van der Waals surface area contributed by atoms with Crippen molar-refractivity contribution in [3.05, 3.63) is 28.3 Å². The molecule has 0 saturated carbocycles. The van der Waals surface area contributed by atoms with Crippen LogP contribution in [0.5, 0.6) is 0 Å². The van der Waals surface area contributed by atoms with Gasteiger partial charge in [-0.1, -0.05) is 13.8 Å². The number of nitrogen functional groups attached to an aromatic ring is 1. The Bertz CT molecular complexity index is 484. The van der Waals surface area contributed by atoms with E-state index in [0.29, 0.717) is 11.1 Å². The molecule has 0 bridgehead atoms. The highest BCUT2D eigenvalue weighted by molar-refractivity contribution is 5.71. The summed E-state index contributed by atoms with van der Waals surface area (Å²) in [6.07, 6.45) is 3.48. The van der Waals surface area contributed by atoms with Gasteiger partial charge in [0.2, 0.25) is 0 Å². The molecular formula is C14H21N3O2. The van der Waals surface area contributed by atoms with Crippen molar-refractivity contribution in [1.29, 1.82) is 0 Å². The van der Waals surface area contributed by atoms with Crippen LogP contribution >= 0.6 is 0 Å². The summed E-state index contributed by atoms with van der Waals surface area (Å²) in [5.74, 6) is 0. The molecule has 0 atom stereocenters. The number of hydrogen-bond donors (Lipinski definition) is 1. The maximum atomic E-state index is 10.7. The molecule has 0 aliphatic carbocycles. The van der Waals surface area contributed by atoms with E-state index in [2.05, 4.69) is 18.7 Å². The van der Waals surface area contributed by atoms with Crippen molar-refractivity contribution in [2.75, 3.05) is 23.7 Å². The number of hydrogen-bond acceptors (Lipinski definition) is 4. The lowest BCUT2D eigenvalue weighted by atomic mass is 9.82. The average Bonchev–Trinajstić information content (AvgIpc) is 2.83. The van der Waals surface area contributed by atoms with E-state index in [1.165, 1.54) is 12.1 Å². The Hall–Kier alpha value is -1.78. The van der Waals surface area contributed by atoms with Gasteiger partial charge in [0.25, 0.3) is 5.69 Å². The van der Waals surface area contributed by atoms with Crippen LogP contribution in [0.2, 0.25) is 0 Å². The lowest BCUT2D eigenvalue weighted by molar-refractivity contribution is -0.384. The van der Waals surface area contributed by atoms with Crippen molar-refractivity contribution in [3.8, 4) is 0 Å². The van der Waals surface area contributed by atoms with E-state index in [4.69, 9.17) is 5.73 Å².